The number of nitrogens with one attached hydrogen (secondary N) is 13. The van der Waals surface area contributed by atoms with E-state index in [1.54, 1.807) is 0 Å². The van der Waals surface area contributed by atoms with Crippen LogP contribution in [0.25, 0.3) is 0 Å². The Kier molecular flexibility index (Phi) is 14.6. The summed E-state index contributed by atoms with van der Waals surface area (Å²) in [5.41, 5.74) is 27.3. The van der Waals surface area contributed by atoms with E-state index in [1.807, 2.05) is 12.1 Å². The van der Waals surface area contributed by atoms with Gasteiger partial charge in [0.15, 0.2) is 0 Å². The van der Waals surface area contributed by atoms with Gasteiger partial charge in [0.05, 0.1) is 22.2 Å². The highest BCUT2D eigenvalue weighted by molar-refractivity contribution is 5.39. The van der Waals surface area contributed by atoms with Gasteiger partial charge >= 0.3 is 0 Å². The number of fused-ring (bicyclic) bond motifs is 24. The molecule has 17 nitrogen and oxygen atoms in total. The van der Waals surface area contributed by atoms with Gasteiger partial charge in [-0.2, -0.15) is 0 Å². The first kappa shape index (κ1) is 38.7. The standard InChI is InChI=1S/C33H67N17/c34-27-3-1-26(2-4-27)13-50-33-23-44-11-9-42-18-31(36,19-43-10-12-45-24-33)21-47-28-29(49-25-33)48-22-32(37)16-40-7-5-38-14-30(35,20-46-28)15-39-6-8-41-17-32/h1-4,38-50H,5-25,34-37H2/b29-28-. The largest absolute Gasteiger partial charge is 0.399 e. The number of rotatable bonds is 3. The van der Waals surface area contributed by atoms with Gasteiger partial charge in [-0.25, -0.2) is 0 Å². The van der Waals surface area contributed by atoms with Crippen LogP contribution in [0, 0.1) is 0 Å². The van der Waals surface area contributed by atoms with Crippen molar-refractivity contribution in [3.05, 3.63) is 41.5 Å². The molecule has 0 unspecified atom stereocenters. The number of hydrogen-bond donors (Lipinski definition) is 17. The summed E-state index contributed by atoms with van der Waals surface area (Å²) in [5, 5.41) is 48.1. The van der Waals surface area contributed by atoms with E-state index < -0.39 is 16.6 Å². The molecule has 1 aromatic rings. The molecular weight excluding hydrogens is 634 g/mol. The molecule has 50 heavy (non-hydrogen) atoms. The van der Waals surface area contributed by atoms with Crippen LogP contribution in [-0.2, 0) is 6.54 Å². The normalized spacial score (nSPS) is 35.0. The molecule has 284 valence electrons. The van der Waals surface area contributed by atoms with Crippen molar-refractivity contribution in [2.24, 2.45) is 17.2 Å². The average Bonchev–Trinajstić information content (AvgIpc) is 3.10. The maximum Gasteiger partial charge on any atom is 0.140 e. The fourth-order valence-corrected chi connectivity index (χ4v) is 6.78. The van der Waals surface area contributed by atoms with Crippen LogP contribution in [0.5, 0.6) is 0 Å². The highest BCUT2D eigenvalue weighted by atomic mass is 15.2. The third-order valence-corrected chi connectivity index (χ3v) is 10.1. The van der Waals surface area contributed by atoms with Crippen molar-refractivity contribution in [2.45, 2.75) is 28.7 Å². The van der Waals surface area contributed by atoms with Gasteiger partial charge in [0.25, 0.3) is 0 Å². The number of benzene rings is 1. The minimum Gasteiger partial charge on any atom is -0.399 e. The van der Waals surface area contributed by atoms with Crippen molar-refractivity contribution in [3.63, 3.8) is 0 Å². The molecule has 6 heterocycles. The first-order valence-electron chi connectivity index (χ1n) is 18.5. The lowest BCUT2D eigenvalue weighted by Gasteiger charge is -2.40. The van der Waals surface area contributed by atoms with Gasteiger partial charge in [0, 0.05) is 143 Å². The fraction of sp³-hybridized carbons (Fsp3) is 0.758. The molecule has 17 heteroatoms. The molecular formula is C33H67N17. The Balaban J connectivity index is 1.53. The third kappa shape index (κ3) is 12.3. The Morgan fingerprint density at radius 1 is 0.440 bits per heavy atom. The summed E-state index contributed by atoms with van der Waals surface area (Å²) in [7, 11) is 0. The number of nitrogen functional groups attached to an aromatic ring is 1. The van der Waals surface area contributed by atoms with E-state index in [1.165, 1.54) is 5.56 Å². The molecule has 0 radical (unpaired) electrons. The van der Waals surface area contributed by atoms with E-state index in [0.717, 1.165) is 82.8 Å². The zero-order valence-electron chi connectivity index (χ0n) is 30.0. The van der Waals surface area contributed by atoms with Crippen LogP contribution in [-0.4, -0.2) is 153 Å². The molecule has 0 amide bonds. The van der Waals surface area contributed by atoms with Crippen LogP contribution in [0.15, 0.2) is 35.9 Å². The van der Waals surface area contributed by atoms with Crippen molar-refractivity contribution in [3.8, 4) is 0 Å². The Morgan fingerprint density at radius 3 is 1.12 bits per heavy atom. The molecule has 0 saturated carbocycles. The lowest BCUT2D eigenvalue weighted by Crippen LogP contribution is -2.67. The Bertz CT molecular complexity index is 1140. The predicted octanol–water partition coefficient (Wildman–Crippen LogP) is -6.55. The van der Waals surface area contributed by atoms with Gasteiger partial charge in [-0.05, 0) is 17.7 Å². The maximum atomic E-state index is 7.15. The summed E-state index contributed by atoms with van der Waals surface area (Å²) in [6.45, 7) is 14.6. The van der Waals surface area contributed by atoms with E-state index in [4.69, 9.17) is 22.9 Å². The van der Waals surface area contributed by atoms with Crippen molar-refractivity contribution >= 4 is 5.69 Å². The third-order valence-electron chi connectivity index (χ3n) is 10.1. The lowest BCUT2D eigenvalue weighted by atomic mass is 9.97. The molecule has 4 bridgehead atoms. The SMILES string of the molecule is Nc1ccc(CNC23CNCCNCC(N)(CNCCNC2)CN/C2=C(/NCC4(N)CNCCNCC(N)(CNCCNC4)CN2)NC3)cc1. The summed E-state index contributed by atoms with van der Waals surface area (Å²) in [4.78, 5) is 0. The zero-order chi connectivity index (χ0) is 35.2. The summed E-state index contributed by atoms with van der Waals surface area (Å²) in [6.07, 6.45) is 0. The Hall–Kier alpha value is -2.52. The summed E-state index contributed by atoms with van der Waals surface area (Å²) >= 11 is 0. The van der Waals surface area contributed by atoms with Gasteiger partial charge in [0.2, 0.25) is 0 Å². The second-order valence-corrected chi connectivity index (χ2v) is 15.0. The van der Waals surface area contributed by atoms with Crippen molar-refractivity contribution in [1.82, 2.24) is 69.1 Å². The van der Waals surface area contributed by atoms with Crippen LogP contribution in [0.2, 0.25) is 0 Å². The summed E-state index contributed by atoms with van der Waals surface area (Å²) in [6, 6.07) is 8.08. The number of hydrogen-bond acceptors (Lipinski definition) is 17. The van der Waals surface area contributed by atoms with E-state index in [-0.39, 0.29) is 5.54 Å². The van der Waals surface area contributed by atoms with Crippen molar-refractivity contribution < 1.29 is 0 Å². The predicted molar refractivity (Wildman–Crippen MR) is 203 cm³/mol. The van der Waals surface area contributed by atoms with E-state index >= 15 is 0 Å². The molecule has 0 atom stereocenters. The van der Waals surface area contributed by atoms with Crippen LogP contribution >= 0.6 is 0 Å². The monoisotopic (exact) mass is 702 g/mol. The second-order valence-electron chi connectivity index (χ2n) is 15.0. The lowest BCUT2D eigenvalue weighted by molar-refractivity contribution is 0.271. The maximum absolute atomic E-state index is 7.15. The molecule has 0 aliphatic carbocycles. The van der Waals surface area contributed by atoms with Crippen LogP contribution in [0.3, 0.4) is 0 Å². The molecule has 0 aromatic heterocycles. The van der Waals surface area contributed by atoms with E-state index in [2.05, 4.69) is 81.3 Å². The molecule has 6 aliphatic rings. The number of nitrogens with two attached hydrogens (primary N) is 4. The molecule has 2 fully saturated rings. The fourth-order valence-electron chi connectivity index (χ4n) is 6.78. The topological polar surface area (TPSA) is 260 Å². The quantitative estimate of drug-likeness (QED) is 0.131. The highest BCUT2D eigenvalue weighted by Gasteiger charge is 2.34. The molecule has 21 N–H and O–H groups in total. The smallest absolute Gasteiger partial charge is 0.140 e. The van der Waals surface area contributed by atoms with Crippen molar-refractivity contribution in [2.75, 3.05) is 137 Å². The molecule has 2 saturated heterocycles. The molecule has 1 aromatic carbocycles. The van der Waals surface area contributed by atoms with Crippen molar-refractivity contribution in [1.29, 1.82) is 0 Å². The summed E-state index contributed by atoms with van der Waals surface area (Å²) < 4.78 is 0. The Morgan fingerprint density at radius 2 is 0.760 bits per heavy atom. The van der Waals surface area contributed by atoms with Gasteiger partial charge in [-0.15, -0.1) is 0 Å². The first-order valence-corrected chi connectivity index (χ1v) is 18.5. The van der Waals surface area contributed by atoms with Gasteiger partial charge < -0.3 is 92.1 Å². The minimum atomic E-state index is -0.565. The minimum absolute atomic E-state index is 0.374. The van der Waals surface area contributed by atoms with Crippen LogP contribution in [0.4, 0.5) is 5.69 Å². The number of anilines is 1. The zero-order valence-corrected chi connectivity index (χ0v) is 30.0. The highest BCUT2D eigenvalue weighted by Crippen LogP contribution is 2.11. The van der Waals surface area contributed by atoms with Gasteiger partial charge in [-0.3, -0.25) is 0 Å². The second kappa shape index (κ2) is 18.8. The summed E-state index contributed by atoms with van der Waals surface area (Å²) in [5.74, 6) is 1.64. The van der Waals surface area contributed by atoms with Crippen LogP contribution < -0.4 is 92.1 Å². The first-order chi connectivity index (χ1) is 24.2. The van der Waals surface area contributed by atoms with Gasteiger partial charge in [-0.1, -0.05) is 12.1 Å². The van der Waals surface area contributed by atoms with Crippen LogP contribution in [0.1, 0.15) is 5.56 Å². The average molecular weight is 702 g/mol. The van der Waals surface area contributed by atoms with E-state index in [9.17, 15) is 0 Å². The van der Waals surface area contributed by atoms with Gasteiger partial charge in [0.1, 0.15) is 11.6 Å². The van der Waals surface area contributed by atoms with E-state index in [0.29, 0.717) is 72.0 Å². The molecule has 7 rings (SSSR count). The molecule has 0 spiro atoms. The Labute approximate surface area is 298 Å². The molecule has 6 aliphatic heterocycles.